The molecule has 0 aliphatic heterocycles. The first-order valence-corrected chi connectivity index (χ1v) is 6.69. The molecule has 0 spiro atoms. The molecule has 0 saturated heterocycles. The Morgan fingerprint density at radius 1 is 1.32 bits per heavy atom. The van der Waals surface area contributed by atoms with Gasteiger partial charge in [0.2, 0.25) is 0 Å². The Morgan fingerprint density at radius 2 is 2.00 bits per heavy atom. The number of aryl methyl sites for hydroxylation is 1. The lowest BCUT2D eigenvalue weighted by Gasteiger charge is -2.23. The summed E-state index contributed by atoms with van der Waals surface area (Å²) in [6, 6.07) is 10.8. The van der Waals surface area contributed by atoms with E-state index >= 15 is 0 Å². The minimum absolute atomic E-state index is 0.0592. The highest BCUT2D eigenvalue weighted by Crippen LogP contribution is 2.28. The molecule has 2 aromatic rings. The van der Waals surface area contributed by atoms with Crippen LogP contribution < -0.4 is 4.90 Å². The fraction of sp³-hybridized carbons (Fsp3) is 0.438. The van der Waals surface area contributed by atoms with E-state index in [9.17, 15) is 5.26 Å². The second kappa shape index (κ2) is 5.36. The van der Waals surface area contributed by atoms with Gasteiger partial charge in [0.15, 0.2) is 0 Å². The average molecular weight is 255 g/mol. The van der Waals surface area contributed by atoms with Gasteiger partial charge in [-0.1, -0.05) is 32.0 Å². The van der Waals surface area contributed by atoms with Crippen molar-refractivity contribution in [2.45, 2.75) is 13.8 Å². The van der Waals surface area contributed by atoms with Crippen molar-refractivity contribution >= 4 is 16.6 Å². The zero-order chi connectivity index (χ0) is 14.0. The number of anilines is 1. The highest BCUT2D eigenvalue weighted by Gasteiger charge is 2.17. The third-order valence-electron chi connectivity index (χ3n) is 3.73. The molecule has 1 aromatic heterocycles. The summed E-state index contributed by atoms with van der Waals surface area (Å²) in [5, 5.41) is 10.5. The van der Waals surface area contributed by atoms with Gasteiger partial charge in [-0.25, -0.2) is 0 Å². The third kappa shape index (κ3) is 2.58. The molecular formula is C16H21N3. The van der Waals surface area contributed by atoms with Gasteiger partial charge in [-0.15, -0.1) is 0 Å². The number of rotatable bonds is 4. The number of fused-ring (bicyclic) bond motifs is 1. The quantitative estimate of drug-likeness (QED) is 0.838. The minimum Gasteiger partial charge on any atom is -0.372 e. The van der Waals surface area contributed by atoms with E-state index in [1.165, 1.54) is 16.6 Å². The molecule has 0 bridgehead atoms. The van der Waals surface area contributed by atoms with Gasteiger partial charge in [0.1, 0.15) is 0 Å². The van der Waals surface area contributed by atoms with E-state index in [0.29, 0.717) is 5.92 Å². The van der Waals surface area contributed by atoms with Crippen LogP contribution in [0.25, 0.3) is 10.9 Å². The van der Waals surface area contributed by atoms with Crippen molar-refractivity contribution < 1.29 is 0 Å². The number of nitriles is 1. The van der Waals surface area contributed by atoms with Crippen LogP contribution in [0.15, 0.2) is 30.5 Å². The van der Waals surface area contributed by atoms with Crippen LogP contribution in [0, 0.1) is 23.2 Å². The van der Waals surface area contributed by atoms with Gasteiger partial charge in [0.25, 0.3) is 0 Å². The Morgan fingerprint density at radius 3 is 2.63 bits per heavy atom. The lowest BCUT2D eigenvalue weighted by atomic mass is 9.97. The van der Waals surface area contributed by atoms with Gasteiger partial charge >= 0.3 is 0 Å². The van der Waals surface area contributed by atoms with E-state index in [1.54, 1.807) is 0 Å². The SMILES string of the molecule is CC(C)C(C#N)CN(C)c1cn(C)c2ccccc12. The first-order valence-electron chi connectivity index (χ1n) is 6.69. The van der Waals surface area contributed by atoms with E-state index in [-0.39, 0.29) is 5.92 Å². The maximum Gasteiger partial charge on any atom is 0.0677 e. The fourth-order valence-electron chi connectivity index (χ4n) is 2.42. The molecule has 0 amide bonds. The summed E-state index contributed by atoms with van der Waals surface area (Å²) < 4.78 is 2.14. The number of hydrogen-bond acceptors (Lipinski definition) is 2. The summed E-state index contributed by atoms with van der Waals surface area (Å²) in [5.41, 5.74) is 2.42. The van der Waals surface area contributed by atoms with Crippen LogP contribution in [0.3, 0.4) is 0 Å². The fourth-order valence-corrected chi connectivity index (χ4v) is 2.42. The van der Waals surface area contributed by atoms with E-state index in [1.807, 2.05) is 0 Å². The molecule has 0 saturated carbocycles. The molecule has 2 rings (SSSR count). The number of benzene rings is 1. The van der Waals surface area contributed by atoms with Gasteiger partial charge in [-0.05, 0) is 12.0 Å². The van der Waals surface area contributed by atoms with Crippen molar-refractivity contribution in [1.82, 2.24) is 4.57 Å². The zero-order valence-corrected chi connectivity index (χ0v) is 12.1. The van der Waals surface area contributed by atoms with Crippen LogP contribution in [0.2, 0.25) is 0 Å². The zero-order valence-electron chi connectivity index (χ0n) is 12.1. The summed E-state index contributed by atoms with van der Waals surface area (Å²) in [4.78, 5) is 2.19. The molecular weight excluding hydrogens is 234 g/mol. The molecule has 3 nitrogen and oxygen atoms in total. The van der Waals surface area contributed by atoms with E-state index in [2.05, 4.69) is 73.9 Å². The second-order valence-corrected chi connectivity index (χ2v) is 5.50. The number of nitrogens with zero attached hydrogens (tertiary/aromatic N) is 3. The van der Waals surface area contributed by atoms with Crippen molar-refractivity contribution in [2.75, 3.05) is 18.5 Å². The molecule has 19 heavy (non-hydrogen) atoms. The van der Waals surface area contributed by atoms with E-state index in [0.717, 1.165) is 6.54 Å². The van der Waals surface area contributed by atoms with Crippen LogP contribution in [-0.4, -0.2) is 18.2 Å². The number of aromatic nitrogens is 1. The smallest absolute Gasteiger partial charge is 0.0677 e. The van der Waals surface area contributed by atoms with Crippen LogP contribution in [-0.2, 0) is 7.05 Å². The summed E-state index contributed by atoms with van der Waals surface area (Å²) in [7, 11) is 4.12. The Balaban J connectivity index is 2.32. The maximum atomic E-state index is 9.23. The van der Waals surface area contributed by atoms with Crippen LogP contribution in [0.4, 0.5) is 5.69 Å². The number of hydrogen-bond donors (Lipinski definition) is 0. The topological polar surface area (TPSA) is 32.0 Å². The Labute approximate surface area is 115 Å². The van der Waals surface area contributed by atoms with Crippen LogP contribution >= 0.6 is 0 Å². The molecule has 1 heterocycles. The molecule has 0 aliphatic rings. The van der Waals surface area contributed by atoms with Gasteiger partial charge in [0, 0.05) is 37.7 Å². The van der Waals surface area contributed by atoms with Crippen molar-refractivity contribution in [2.24, 2.45) is 18.9 Å². The molecule has 3 heteroatoms. The Bertz CT molecular complexity index is 604. The van der Waals surface area contributed by atoms with Crippen molar-refractivity contribution in [3.05, 3.63) is 30.5 Å². The van der Waals surface area contributed by atoms with Crippen molar-refractivity contribution in [3.8, 4) is 6.07 Å². The standard InChI is InChI=1S/C16H21N3/c1-12(2)13(9-17)10-18(3)16-11-19(4)15-8-6-5-7-14(15)16/h5-8,11-13H,10H2,1-4H3. The van der Waals surface area contributed by atoms with Gasteiger partial charge < -0.3 is 9.47 Å². The summed E-state index contributed by atoms with van der Waals surface area (Å²) >= 11 is 0. The lowest BCUT2D eigenvalue weighted by Crippen LogP contribution is -2.27. The molecule has 100 valence electrons. The Kier molecular flexibility index (Phi) is 3.80. The summed E-state index contributed by atoms with van der Waals surface area (Å²) in [6.45, 7) is 4.97. The predicted octanol–water partition coefficient (Wildman–Crippen LogP) is 3.41. The van der Waals surface area contributed by atoms with Crippen molar-refractivity contribution in [1.29, 1.82) is 5.26 Å². The lowest BCUT2D eigenvalue weighted by molar-refractivity contribution is 0.477. The normalized spacial score (nSPS) is 12.6. The second-order valence-electron chi connectivity index (χ2n) is 5.50. The average Bonchev–Trinajstić information content (AvgIpc) is 2.73. The first kappa shape index (κ1) is 13.5. The molecule has 1 aromatic carbocycles. The third-order valence-corrected chi connectivity index (χ3v) is 3.73. The number of para-hydroxylation sites is 1. The highest BCUT2D eigenvalue weighted by atomic mass is 15.1. The largest absolute Gasteiger partial charge is 0.372 e. The Hall–Kier alpha value is -1.95. The minimum atomic E-state index is 0.0592. The summed E-state index contributed by atoms with van der Waals surface area (Å²) in [5.74, 6) is 0.436. The highest BCUT2D eigenvalue weighted by molar-refractivity contribution is 5.93. The van der Waals surface area contributed by atoms with Crippen LogP contribution in [0.5, 0.6) is 0 Å². The predicted molar refractivity (Wildman–Crippen MR) is 80.1 cm³/mol. The molecule has 1 atom stereocenters. The maximum absolute atomic E-state index is 9.23. The van der Waals surface area contributed by atoms with Crippen molar-refractivity contribution in [3.63, 3.8) is 0 Å². The molecule has 0 fully saturated rings. The van der Waals surface area contributed by atoms with E-state index in [4.69, 9.17) is 0 Å². The molecule has 0 aliphatic carbocycles. The summed E-state index contributed by atoms with van der Waals surface area (Å²) in [6.07, 6.45) is 2.14. The molecule has 0 radical (unpaired) electrons. The monoisotopic (exact) mass is 255 g/mol. The van der Waals surface area contributed by atoms with Gasteiger partial charge in [-0.3, -0.25) is 0 Å². The first-order chi connectivity index (χ1) is 9.04. The van der Waals surface area contributed by atoms with E-state index < -0.39 is 0 Å². The van der Waals surface area contributed by atoms with Crippen LogP contribution in [0.1, 0.15) is 13.8 Å². The van der Waals surface area contributed by atoms with Gasteiger partial charge in [-0.2, -0.15) is 5.26 Å². The molecule has 1 unspecified atom stereocenters. The van der Waals surface area contributed by atoms with Gasteiger partial charge in [0.05, 0.1) is 17.7 Å². The molecule has 0 N–H and O–H groups in total.